The van der Waals surface area contributed by atoms with Gasteiger partial charge in [-0.05, 0) is 30.7 Å². The van der Waals surface area contributed by atoms with Crippen molar-refractivity contribution in [1.82, 2.24) is 9.55 Å². The summed E-state index contributed by atoms with van der Waals surface area (Å²) in [7, 11) is 1.44. The van der Waals surface area contributed by atoms with Gasteiger partial charge in [-0.1, -0.05) is 12.1 Å². The van der Waals surface area contributed by atoms with Gasteiger partial charge in [0.1, 0.15) is 5.82 Å². The molecule has 0 aliphatic heterocycles. The number of hydrogen-bond acceptors (Lipinski definition) is 2. The molecule has 0 spiro atoms. The number of aryl methyl sites for hydroxylation is 1. The largest absolute Gasteiger partial charge is 0.494 e. The second-order valence-corrected chi connectivity index (χ2v) is 5.03. The summed E-state index contributed by atoms with van der Waals surface area (Å²) >= 11 is 6.00. The Bertz CT molecular complexity index is 813. The Morgan fingerprint density at radius 2 is 2.10 bits per heavy atom. The van der Waals surface area contributed by atoms with Crippen molar-refractivity contribution in [1.29, 1.82) is 0 Å². The van der Waals surface area contributed by atoms with Gasteiger partial charge in [-0.15, -0.1) is 11.6 Å². The zero-order valence-corrected chi connectivity index (χ0v) is 12.5. The lowest BCUT2D eigenvalue weighted by Crippen LogP contribution is -2.01. The molecule has 3 rings (SSSR count). The van der Waals surface area contributed by atoms with Crippen molar-refractivity contribution >= 4 is 22.6 Å². The summed E-state index contributed by atoms with van der Waals surface area (Å²) in [6, 6.07) is 10.7. The third kappa shape index (κ3) is 2.25. The maximum Gasteiger partial charge on any atom is 0.167 e. The van der Waals surface area contributed by atoms with E-state index in [4.69, 9.17) is 16.3 Å². The summed E-state index contributed by atoms with van der Waals surface area (Å²) in [6.07, 6.45) is 0. The van der Waals surface area contributed by atoms with Gasteiger partial charge in [0.2, 0.25) is 0 Å². The molecule has 108 valence electrons. The molecule has 1 heterocycles. The van der Waals surface area contributed by atoms with E-state index in [9.17, 15) is 4.39 Å². The van der Waals surface area contributed by atoms with E-state index in [1.165, 1.54) is 13.2 Å². The van der Waals surface area contributed by atoms with Crippen molar-refractivity contribution < 1.29 is 9.13 Å². The van der Waals surface area contributed by atoms with Gasteiger partial charge >= 0.3 is 0 Å². The number of para-hydroxylation sites is 1. The quantitative estimate of drug-likeness (QED) is 0.677. The van der Waals surface area contributed by atoms with E-state index in [-0.39, 0.29) is 11.6 Å². The number of nitrogens with zero attached hydrogens (tertiary/aromatic N) is 2. The maximum absolute atomic E-state index is 14.0. The van der Waals surface area contributed by atoms with Gasteiger partial charge in [-0.2, -0.15) is 0 Å². The molecule has 0 bridgehead atoms. The van der Waals surface area contributed by atoms with E-state index >= 15 is 0 Å². The molecule has 0 amide bonds. The van der Waals surface area contributed by atoms with Gasteiger partial charge in [-0.25, -0.2) is 9.37 Å². The lowest BCUT2D eigenvalue weighted by molar-refractivity contribution is 0.386. The van der Waals surface area contributed by atoms with Crippen LogP contribution in [0.25, 0.3) is 16.7 Å². The van der Waals surface area contributed by atoms with Crippen LogP contribution in [0, 0.1) is 12.7 Å². The molecule has 1 aromatic heterocycles. The first-order chi connectivity index (χ1) is 10.2. The smallest absolute Gasteiger partial charge is 0.167 e. The maximum atomic E-state index is 14.0. The summed E-state index contributed by atoms with van der Waals surface area (Å²) in [5.41, 5.74) is 3.54. The number of aromatic nitrogens is 2. The molecule has 0 radical (unpaired) electrons. The Balaban J connectivity index is 2.30. The Morgan fingerprint density at radius 3 is 2.76 bits per heavy atom. The minimum Gasteiger partial charge on any atom is -0.494 e. The Morgan fingerprint density at radius 1 is 1.29 bits per heavy atom. The second-order valence-electron chi connectivity index (χ2n) is 4.76. The van der Waals surface area contributed by atoms with Crippen LogP contribution in [0.1, 0.15) is 11.4 Å². The topological polar surface area (TPSA) is 27.1 Å². The zero-order valence-electron chi connectivity index (χ0n) is 11.7. The van der Waals surface area contributed by atoms with Crippen LogP contribution in [0.15, 0.2) is 36.4 Å². The van der Waals surface area contributed by atoms with E-state index < -0.39 is 5.82 Å². The fourth-order valence-corrected chi connectivity index (χ4v) is 2.68. The Hall–Kier alpha value is -2.07. The number of imidazole rings is 1. The van der Waals surface area contributed by atoms with Gasteiger partial charge in [0.05, 0.1) is 29.7 Å². The first kappa shape index (κ1) is 13.9. The fourth-order valence-electron chi connectivity index (χ4n) is 2.50. The van der Waals surface area contributed by atoms with Crippen molar-refractivity contribution in [3.63, 3.8) is 0 Å². The van der Waals surface area contributed by atoms with E-state index in [0.29, 0.717) is 11.5 Å². The van der Waals surface area contributed by atoms with Crippen molar-refractivity contribution in [3.8, 4) is 11.4 Å². The number of alkyl halides is 1. The summed E-state index contributed by atoms with van der Waals surface area (Å²) in [4.78, 5) is 4.52. The van der Waals surface area contributed by atoms with Crippen LogP contribution in [-0.4, -0.2) is 16.7 Å². The van der Waals surface area contributed by atoms with Gasteiger partial charge in [-0.3, -0.25) is 4.57 Å². The second kappa shape index (κ2) is 5.37. The number of benzene rings is 2. The summed E-state index contributed by atoms with van der Waals surface area (Å²) in [5, 5.41) is 0. The van der Waals surface area contributed by atoms with Gasteiger partial charge in [0.25, 0.3) is 0 Å². The summed E-state index contributed by atoms with van der Waals surface area (Å²) in [5.74, 6) is 0.741. The number of fused-ring (bicyclic) bond motifs is 1. The molecule has 3 nitrogen and oxygen atoms in total. The monoisotopic (exact) mass is 304 g/mol. The predicted molar refractivity (Wildman–Crippen MR) is 81.9 cm³/mol. The normalized spacial score (nSPS) is 11.0. The average molecular weight is 305 g/mol. The van der Waals surface area contributed by atoms with Gasteiger partial charge in [0.15, 0.2) is 11.6 Å². The number of methoxy groups -OCH3 is 1. The SMILES string of the molecule is COc1ccc(-n2c(CCl)nc3cccc(C)c32)cc1F. The third-order valence-corrected chi connectivity index (χ3v) is 3.70. The van der Waals surface area contributed by atoms with Crippen molar-refractivity contribution in [2.24, 2.45) is 0 Å². The summed E-state index contributed by atoms with van der Waals surface area (Å²) in [6.45, 7) is 2.00. The van der Waals surface area contributed by atoms with Crippen molar-refractivity contribution in [3.05, 3.63) is 53.6 Å². The van der Waals surface area contributed by atoms with E-state index in [1.54, 1.807) is 12.1 Å². The van der Waals surface area contributed by atoms with Gasteiger partial charge < -0.3 is 4.74 Å². The minimum absolute atomic E-state index is 0.215. The lowest BCUT2D eigenvalue weighted by atomic mass is 10.2. The molecule has 0 saturated carbocycles. The molecule has 0 saturated heterocycles. The Kier molecular flexibility index (Phi) is 3.55. The minimum atomic E-state index is -0.411. The first-order valence-electron chi connectivity index (χ1n) is 6.52. The van der Waals surface area contributed by atoms with Crippen LogP contribution in [0.3, 0.4) is 0 Å². The molecule has 2 aromatic carbocycles. The fraction of sp³-hybridized carbons (Fsp3) is 0.188. The standard InChI is InChI=1S/C16H14ClFN2O/c1-10-4-3-5-13-16(10)20(15(9-17)19-13)11-6-7-14(21-2)12(18)8-11/h3-8H,9H2,1-2H3. The number of rotatable bonds is 3. The van der Waals surface area contributed by atoms with Crippen LogP contribution in [0.4, 0.5) is 4.39 Å². The lowest BCUT2D eigenvalue weighted by Gasteiger charge is -2.11. The number of halogens is 2. The number of ether oxygens (including phenoxy) is 1. The van der Waals surface area contributed by atoms with Crippen LogP contribution < -0.4 is 4.74 Å². The van der Waals surface area contributed by atoms with Crippen LogP contribution in [-0.2, 0) is 5.88 Å². The van der Waals surface area contributed by atoms with E-state index in [2.05, 4.69) is 4.98 Å². The van der Waals surface area contributed by atoms with Crippen LogP contribution in [0.2, 0.25) is 0 Å². The van der Waals surface area contributed by atoms with Crippen molar-refractivity contribution in [2.45, 2.75) is 12.8 Å². The average Bonchev–Trinajstić information content (AvgIpc) is 2.87. The molecule has 0 N–H and O–H groups in total. The number of hydrogen-bond donors (Lipinski definition) is 0. The van der Waals surface area contributed by atoms with E-state index in [1.807, 2.05) is 29.7 Å². The molecule has 0 unspecified atom stereocenters. The van der Waals surface area contributed by atoms with Crippen LogP contribution >= 0.6 is 11.6 Å². The molecular formula is C16H14ClFN2O. The molecule has 0 aliphatic rings. The molecule has 0 atom stereocenters. The highest BCUT2D eigenvalue weighted by Gasteiger charge is 2.15. The molecular weight excluding hydrogens is 291 g/mol. The Labute approximate surface area is 126 Å². The van der Waals surface area contributed by atoms with Crippen LogP contribution in [0.5, 0.6) is 5.75 Å². The highest BCUT2D eigenvalue weighted by atomic mass is 35.5. The highest BCUT2D eigenvalue weighted by Crippen LogP contribution is 2.27. The third-order valence-electron chi connectivity index (χ3n) is 3.46. The van der Waals surface area contributed by atoms with Gasteiger partial charge in [0, 0.05) is 6.07 Å². The molecule has 0 aliphatic carbocycles. The first-order valence-corrected chi connectivity index (χ1v) is 7.06. The van der Waals surface area contributed by atoms with E-state index in [0.717, 1.165) is 16.6 Å². The summed E-state index contributed by atoms with van der Waals surface area (Å²) < 4.78 is 20.8. The zero-order chi connectivity index (χ0) is 15.0. The van der Waals surface area contributed by atoms with Crippen molar-refractivity contribution in [2.75, 3.05) is 7.11 Å². The molecule has 21 heavy (non-hydrogen) atoms. The highest BCUT2D eigenvalue weighted by molar-refractivity contribution is 6.17. The molecule has 3 aromatic rings. The molecule has 5 heteroatoms. The molecule has 0 fully saturated rings. The predicted octanol–water partition coefficient (Wildman–Crippen LogP) is 4.22.